The van der Waals surface area contributed by atoms with Gasteiger partial charge in [-0.3, -0.25) is 0 Å². The Hall–Kier alpha value is -3.15. The van der Waals surface area contributed by atoms with Gasteiger partial charge in [-0.05, 0) is 50.6 Å². The van der Waals surface area contributed by atoms with Crippen LogP contribution >= 0.6 is 0 Å². The van der Waals surface area contributed by atoms with Crippen LogP contribution in [0.25, 0.3) is 16.6 Å². The highest BCUT2D eigenvalue weighted by Gasteiger charge is 2.09. The lowest BCUT2D eigenvalue weighted by Gasteiger charge is -2.08. The quantitative estimate of drug-likeness (QED) is 0.615. The van der Waals surface area contributed by atoms with Crippen molar-refractivity contribution in [2.75, 3.05) is 12.4 Å². The number of ether oxygens (including phenoxy) is 1. The van der Waals surface area contributed by atoms with Gasteiger partial charge in [-0.15, -0.1) is 5.10 Å². The molecule has 4 aromatic rings. The number of benzene rings is 1. The molecular weight excluding hydrogens is 314 g/mol. The molecule has 0 aliphatic heterocycles. The molecule has 4 rings (SSSR count). The van der Waals surface area contributed by atoms with Gasteiger partial charge >= 0.3 is 0 Å². The highest BCUT2D eigenvalue weighted by Crippen LogP contribution is 2.26. The zero-order valence-corrected chi connectivity index (χ0v) is 14.7. The molecule has 0 unspecified atom stereocenters. The molecule has 3 aromatic heterocycles. The van der Waals surface area contributed by atoms with Crippen LogP contribution in [0.15, 0.2) is 36.4 Å². The molecule has 3 heterocycles. The lowest BCUT2D eigenvalue weighted by Crippen LogP contribution is -1.99. The van der Waals surface area contributed by atoms with E-state index in [9.17, 15) is 0 Å². The van der Waals surface area contributed by atoms with E-state index >= 15 is 0 Å². The highest BCUT2D eigenvalue weighted by atomic mass is 16.5. The fourth-order valence-corrected chi connectivity index (χ4v) is 3.05. The van der Waals surface area contributed by atoms with E-state index in [1.807, 2.05) is 54.8 Å². The summed E-state index contributed by atoms with van der Waals surface area (Å²) in [7, 11) is 1.66. The third-order valence-corrected chi connectivity index (χ3v) is 4.21. The van der Waals surface area contributed by atoms with Crippen LogP contribution in [0.5, 0.6) is 5.75 Å². The molecule has 0 fully saturated rings. The first-order chi connectivity index (χ1) is 12.0. The number of nitrogens with one attached hydrogen (secondary N) is 1. The van der Waals surface area contributed by atoms with E-state index in [1.54, 1.807) is 7.11 Å². The molecule has 0 spiro atoms. The van der Waals surface area contributed by atoms with E-state index in [-0.39, 0.29) is 0 Å². The molecule has 0 atom stereocenters. The summed E-state index contributed by atoms with van der Waals surface area (Å²) in [6.07, 6.45) is 0. The van der Waals surface area contributed by atoms with Crippen molar-refractivity contribution in [1.82, 2.24) is 19.6 Å². The van der Waals surface area contributed by atoms with Gasteiger partial charge in [-0.25, -0.2) is 14.5 Å². The standard InChI is InChI=1S/C19H19N5O/c1-11-7-17(21-16-9-14(25-4)5-6-15(11)16)22-18-10-19-20-12(2)8-13(3)24(19)23-18/h5-10H,1-4H3,(H,21,22,23). The molecule has 0 bridgehead atoms. The minimum Gasteiger partial charge on any atom is -0.497 e. The summed E-state index contributed by atoms with van der Waals surface area (Å²) in [5.41, 5.74) is 4.87. The van der Waals surface area contributed by atoms with Crippen molar-refractivity contribution in [1.29, 1.82) is 0 Å². The molecule has 6 nitrogen and oxygen atoms in total. The van der Waals surface area contributed by atoms with Crippen molar-refractivity contribution < 1.29 is 4.74 Å². The molecule has 0 aliphatic carbocycles. The zero-order valence-electron chi connectivity index (χ0n) is 14.7. The molecule has 0 saturated carbocycles. The molecule has 1 aromatic carbocycles. The fourth-order valence-electron chi connectivity index (χ4n) is 3.05. The van der Waals surface area contributed by atoms with Crippen molar-refractivity contribution in [2.45, 2.75) is 20.8 Å². The Morgan fingerprint density at radius 3 is 2.60 bits per heavy atom. The van der Waals surface area contributed by atoms with Crippen LogP contribution in [0.3, 0.4) is 0 Å². The Kier molecular flexibility index (Phi) is 3.53. The summed E-state index contributed by atoms with van der Waals surface area (Å²) in [5.74, 6) is 2.26. The Morgan fingerprint density at radius 1 is 0.960 bits per heavy atom. The van der Waals surface area contributed by atoms with Crippen molar-refractivity contribution in [3.05, 3.63) is 53.3 Å². The summed E-state index contributed by atoms with van der Waals surface area (Å²) in [5, 5.41) is 8.96. The number of fused-ring (bicyclic) bond motifs is 2. The van der Waals surface area contributed by atoms with Gasteiger partial charge in [0, 0.05) is 28.9 Å². The maximum absolute atomic E-state index is 5.30. The molecule has 6 heteroatoms. The third kappa shape index (κ3) is 2.76. The molecule has 25 heavy (non-hydrogen) atoms. The Bertz CT molecular complexity index is 1100. The maximum atomic E-state index is 5.30. The monoisotopic (exact) mass is 333 g/mol. The average molecular weight is 333 g/mol. The van der Waals surface area contributed by atoms with Gasteiger partial charge in [0.1, 0.15) is 11.6 Å². The van der Waals surface area contributed by atoms with E-state index in [0.717, 1.165) is 50.9 Å². The predicted octanol–water partition coefficient (Wildman–Crippen LogP) is 3.95. The van der Waals surface area contributed by atoms with Gasteiger partial charge < -0.3 is 10.1 Å². The summed E-state index contributed by atoms with van der Waals surface area (Å²) in [4.78, 5) is 9.20. The van der Waals surface area contributed by atoms with Crippen LogP contribution in [0.2, 0.25) is 0 Å². The van der Waals surface area contributed by atoms with Gasteiger partial charge in [0.25, 0.3) is 0 Å². The van der Waals surface area contributed by atoms with Crippen molar-refractivity contribution >= 4 is 28.2 Å². The van der Waals surface area contributed by atoms with Crippen molar-refractivity contribution in [3.8, 4) is 5.75 Å². The van der Waals surface area contributed by atoms with Gasteiger partial charge in [-0.2, -0.15) is 0 Å². The first kappa shape index (κ1) is 15.4. The SMILES string of the molecule is COc1ccc2c(C)cc(Nc3cc4nc(C)cc(C)n4n3)nc2c1. The number of rotatable bonds is 3. The largest absolute Gasteiger partial charge is 0.497 e. The first-order valence-corrected chi connectivity index (χ1v) is 8.10. The smallest absolute Gasteiger partial charge is 0.157 e. The number of hydrogen-bond donors (Lipinski definition) is 1. The highest BCUT2D eigenvalue weighted by molar-refractivity contribution is 5.85. The van der Waals surface area contributed by atoms with Crippen LogP contribution in [-0.4, -0.2) is 26.7 Å². The third-order valence-electron chi connectivity index (χ3n) is 4.21. The summed E-state index contributed by atoms with van der Waals surface area (Å²) in [6.45, 7) is 6.07. The van der Waals surface area contributed by atoms with Crippen LogP contribution in [0, 0.1) is 20.8 Å². The molecule has 1 N–H and O–H groups in total. The van der Waals surface area contributed by atoms with E-state index in [2.05, 4.69) is 27.3 Å². The second-order valence-electron chi connectivity index (χ2n) is 6.17. The zero-order chi connectivity index (χ0) is 17.6. The molecule has 0 saturated heterocycles. The lowest BCUT2D eigenvalue weighted by molar-refractivity contribution is 0.415. The van der Waals surface area contributed by atoms with Gasteiger partial charge in [0.05, 0.1) is 12.6 Å². The van der Waals surface area contributed by atoms with E-state index in [1.165, 1.54) is 0 Å². The van der Waals surface area contributed by atoms with Crippen molar-refractivity contribution in [3.63, 3.8) is 0 Å². The predicted molar refractivity (Wildman–Crippen MR) is 98.8 cm³/mol. The van der Waals surface area contributed by atoms with Crippen molar-refractivity contribution in [2.24, 2.45) is 0 Å². The minimum absolute atomic E-state index is 0.718. The summed E-state index contributed by atoms with van der Waals surface area (Å²) in [6, 6.07) is 11.9. The molecule has 0 amide bonds. The Labute approximate surface area is 145 Å². The Balaban J connectivity index is 1.76. The number of aromatic nitrogens is 4. The number of hydrogen-bond acceptors (Lipinski definition) is 5. The average Bonchev–Trinajstić information content (AvgIpc) is 2.96. The second kappa shape index (κ2) is 5.73. The van der Waals surface area contributed by atoms with Gasteiger partial charge in [-0.1, -0.05) is 0 Å². The maximum Gasteiger partial charge on any atom is 0.157 e. The summed E-state index contributed by atoms with van der Waals surface area (Å²) >= 11 is 0. The van der Waals surface area contributed by atoms with Crippen LogP contribution in [0.4, 0.5) is 11.6 Å². The lowest BCUT2D eigenvalue weighted by atomic mass is 10.1. The van der Waals surface area contributed by atoms with Crippen LogP contribution in [0.1, 0.15) is 17.0 Å². The number of methoxy groups -OCH3 is 1. The minimum atomic E-state index is 0.718. The van der Waals surface area contributed by atoms with Gasteiger partial charge in [0.2, 0.25) is 0 Å². The molecule has 0 aliphatic rings. The van der Waals surface area contributed by atoms with Crippen LogP contribution in [-0.2, 0) is 0 Å². The van der Waals surface area contributed by atoms with Crippen LogP contribution < -0.4 is 10.1 Å². The van der Waals surface area contributed by atoms with E-state index in [0.29, 0.717) is 0 Å². The Morgan fingerprint density at radius 2 is 1.80 bits per heavy atom. The first-order valence-electron chi connectivity index (χ1n) is 8.10. The summed E-state index contributed by atoms with van der Waals surface area (Å²) < 4.78 is 7.13. The van der Waals surface area contributed by atoms with E-state index in [4.69, 9.17) is 4.74 Å². The van der Waals surface area contributed by atoms with Gasteiger partial charge in [0.15, 0.2) is 11.5 Å². The number of pyridine rings is 1. The number of nitrogens with zero attached hydrogens (tertiary/aromatic N) is 4. The number of anilines is 2. The second-order valence-corrected chi connectivity index (χ2v) is 6.17. The normalized spacial score (nSPS) is 11.2. The molecular formula is C19H19N5O. The van der Waals surface area contributed by atoms with E-state index < -0.39 is 0 Å². The topological polar surface area (TPSA) is 64.3 Å². The molecule has 0 radical (unpaired) electrons. The fraction of sp³-hybridized carbons (Fsp3) is 0.211. The molecule has 126 valence electrons. The number of aryl methyl sites for hydroxylation is 3.